The van der Waals surface area contributed by atoms with Crippen LogP contribution in [0.15, 0.2) is 0 Å². The van der Waals surface area contributed by atoms with Crippen LogP contribution in [0.5, 0.6) is 0 Å². The first-order chi connectivity index (χ1) is 6.18. The summed E-state index contributed by atoms with van der Waals surface area (Å²) in [5.41, 5.74) is 0. The van der Waals surface area contributed by atoms with E-state index in [2.05, 4.69) is 12.2 Å². The predicted molar refractivity (Wildman–Crippen MR) is 47.0 cm³/mol. The van der Waals surface area contributed by atoms with Crippen LogP contribution in [0.25, 0.3) is 0 Å². The number of halogens is 2. The molecule has 1 aliphatic rings. The Morgan fingerprint density at radius 2 is 2.15 bits per heavy atom. The van der Waals surface area contributed by atoms with Gasteiger partial charge in [-0.2, -0.15) is 0 Å². The zero-order chi connectivity index (χ0) is 9.68. The largest absolute Gasteiger partial charge is 0.374 e. The normalized spacial score (nSPS) is 27.7. The molecule has 0 aromatic rings. The van der Waals surface area contributed by atoms with Crippen molar-refractivity contribution in [1.82, 2.24) is 5.32 Å². The maximum Gasteiger partial charge on any atom is 0.261 e. The number of alkyl halides is 2. The van der Waals surface area contributed by atoms with Crippen LogP contribution < -0.4 is 5.32 Å². The van der Waals surface area contributed by atoms with Crippen molar-refractivity contribution in [3.63, 3.8) is 0 Å². The lowest BCUT2D eigenvalue weighted by molar-refractivity contribution is 0.0171. The molecule has 1 rings (SSSR count). The topological polar surface area (TPSA) is 21.3 Å². The molecule has 0 heterocycles. The summed E-state index contributed by atoms with van der Waals surface area (Å²) in [7, 11) is 0. The molecule has 1 aliphatic carbocycles. The van der Waals surface area contributed by atoms with Crippen molar-refractivity contribution >= 4 is 0 Å². The number of hydrogen-bond donors (Lipinski definition) is 1. The molecule has 0 bridgehead atoms. The van der Waals surface area contributed by atoms with E-state index in [1.165, 1.54) is 12.8 Å². The van der Waals surface area contributed by atoms with Crippen LogP contribution in [0.4, 0.5) is 8.78 Å². The molecule has 0 aromatic carbocycles. The molecule has 1 N–H and O–H groups in total. The van der Waals surface area contributed by atoms with Gasteiger partial charge in [-0.1, -0.05) is 6.92 Å². The maximum absolute atomic E-state index is 11.6. The molecule has 78 valence electrons. The van der Waals surface area contributed by atoms with E-state index < -0.39 is 13.0 Å². The second-order valence-corrected chi connectivity index (χ2v) is 3.69. The Morgan fingerprint density at radius 3 is 2.69 bits per heavy atom. The van der Waals surface area contributed by atoms with E-state index in [9.17, 15) is 8.78 Å². The third kappa shape index (κ3) is 4.52. The van der Waals surface area contributed by atoms with E-state index in [1.807, 2.05) is 0 Å². The monoisotopic (exact) mass is 193 g/mol. The Balaban J connectivity index is 1.79. The summed E-state index contributed by atoms with van der Waals surface area (Å²) in [4.78, 5) is 0. The Labute approximate surface area is 77.6 Å². The van der Waals surface area contributed by atoms with E-state index in [0.29, 0.717) is 19.2 Å². The molecule has 0 saturated heterocycles. The second kappa shape index (κ2) is 5.50. The van der Waals surface area contributed by atoms with Crippen molar-refractivity contribution in [2.45, 2.75) is 32.2 Å². The van der Waals surface area contributed by atoms with Crippen molar-refractivity contribution in [2.75, 3.05) is 19.8 Å². The maximum atomic E-state index is 11.6. The molecule has 1 saturated carbocycles. The Hall–Kier alpha value is -0.220. The van der Waals surface area contributed by atoms with Gasteiger partial charge in [0.2, 0.25) is 0 Å². The SMILES string of the molecule is CC1CC(NCCOCC(F)F)C1. The van der Waals surface area contributed by atoms with Gasteiger partial charge in [0.15, 0.2) is 0 Å². The summed E-state index contributed by atoms with van der Waals surface area (Å²) >= 11 is 0. The van der Waals surface area contributed by atoms with Gasteiger partial charge in [0, 0.05) is 12.6 Å². The van der Waals surface area contributed by atoms with Gasteiger partial charge in [0.1, 0.15) is 6.61 Å². The molecule has 4 heteroatoms. The summed E-state index contributed by atoms with van der Waals surface area (Å²) < 4.78 is 27.9. The minimum absolute atomic E-state index is 0.384. The van der Waals surface area contributed by atoms with Gasteiger partial charge in [-0.05, 0) is 18.8 Å². The molecule has 0 unspecified atom stereocenters. The Bertz CT molecular complexity index is 138. The van der Waals surface area contributed by atoms with Gasteiger partial charge in [0.25, 0.3) is 6.43 Å². The highest BCUT2D eigenvalue weighted by atomic mass is 19.3. The van der Waals surface area contributed by atoms with E-state index in [-0.39, 0.29) is 0 Å². The van der Waals surface area contributed by atoms with Crippen molar-refractivity contribution in [3.05, 3.63) is 0 Å². The van der Waals surface area contributed by atoms with Crippen LogP contribution in [0.2, 0.25) is 0 Å². The average Bonchev–Trinajstić information content (AvgIpc) is 1.99. The molecular weight excluding hydrogens is 176 g/mol. The van der Waals surface area contributed by atoms with Crippen LogP contribution in [0.3, 0.4) is 0 Å². The third-order valence-corrected chi connectivity index (χ3v) is 2.30. The summed E-state index contributed by atoms with van der Waals surface area (Å²) in [6, 6.07) is 0.588. The summed E-state index contributed by atoms with van der Waals surface area (Å²) in [5.74, 6) is 0.819. The quantitative estimate of drug-likeness (QED) is 0.648. The Morgan fingerprint density at radius 1 is 1.46 bits per heavy atom. The Kier molecular flexibility index (Phi) is 4.59. The molecule has 1 fully saturated rings. The fraction of sp³-hybridized carbons (Fsp3) is 1.00. The summed E-state index contributed by atoms with van der Waals surface area (Å²) in [6.07, 6.45) is 0.0627. The van der Waals surface area contributed by atoms with Gasteiger partial charge in [-0.25, -0.2) is 8.78 Å². The molecule has 0 atom stereocenters. The van der Waals surface area contributed by atoms with Gasteiger partial charge < -0.3 is 10.1 Å². The zero-order valence-corrected chi connectivity index (χ0v) is 7.93. The number of nitrogens with one attached hydrogen (secondary N) is 1. The van der Waals surface area contributed by atoms with Gasteiger partial charge in [-0.15, -0.1) is 0 Å². The molecule has 13 heavy (non-hydrogen) atoms. The second-order valence-electron chi connectivity index (χ2n) is 3.69. The van der Waals surface area contributed by atoms with Crippen LogP contribution in [-0.2, 0) is 4.74 Å². The minimum atomic E-state index is -2.34. The first-order valence-electron chi connectivity index (χ1n) is 4.77. The molecule has 0 radical (unpaired) electrons. The highest BCUT2D eigenvalue weighted by Crippen LogP contribution is 2.25. The first kappa shape index (κ1) is 10.9. The lowest BCUT2D eigenvalue weighted by Crippen LogP contribution is -2.41. The van der Waals surface area contributed by atoms with Crippen molar-refractivity contribution in [2.24, 2.45) is 5.92 Å². The van der Waals surface area contributed by atoms with Gasteiger partial charge >= 0.3 is 0 Å². The van der Waals surface area contributed by atoms with Crippen LogP contribution in [0, 0.1) is 5.92 Å². The van der Waals surface area contributed by atoms with Crippen molar-refractivity contribution in [1.29, 1.82) is 0 Å². The average molecular weight is 193 g/mol. The van der Waals surface area contributed by atoms with Crippen molar-refractivity contribution in [3.8, 4) is 0 Å². The fourth-order valence-electron chi connectivity index (χ4n) is 1.58. The van der Waals surface area contributed by atoms with E-state index in [4.69, 9.17) is 4.74 Å². The van der Waals surface area contributed by atoms with Gasteiger partial charge in [-0.3, -0.25) is 0 Å². The predicted octanol–water partition coefficient (Wildman–Crippen LogP) is 1.66. The van der Waals surface area contributed by atoms with Crippen LogP contribution in [-0.4, -0.2) is 32.2 Å². The zero-order valence-electron chi connectivity index (χ0n) is 7.93. The molecule has 0 aromatic heterocycles. The smallest absolute Gasteiger partial charge is 0.261 e. The van der Waals surface area contributed by atoms with E-state index >= 15 is 0 Å². The lowest BCUT2D eigenvalue weighted by Gasteiger charge is -2.33. The standard InChI is InChI=1S/C9H17F2NO/c1-7-4-8(5-7)12-2-3-13-6-9(10)11/h7-9,12H,2-6H2,1H3. The fourth-order valence-corrected chi connectivity index (χ4v) is 1.58. The molecule has 0 amide bonds. The third-order valence-electron chi connectivity index (χ3n) is 2.30. The van der Waals surface area contributed by atoms with E-state index in [0.717, 1.165) is 5.92 Å². The van der Waals surface area contributed by atoms with E-state index in [1.54, 1.807) is 0 Å². The number of hydrogen-bond acceptors (Lipinski definition) is 2. The highest BCUT2D eigenvalue weighted by molar-refractivity contribution is 4.81. The number of rotatable bonds is 6. The van der Waals surface area contributed by atoms with Crippen LogP contribution in [0.1, 0.15) is 19.8 Å². The highest BCUT2D eigenvalue weighted by Gasteiger charge is 2.23. The molecular formula is C9H17F2NO. The first-order valence-corrected chi connectivity index (χ1v) is 4.77. The summed E-state index contributed by atoms with van der Waals surface area (Å²) in [5, 5.41) is 3.25. The molecule has 2 nitrogen and oxygen atoms in total. The minimum Gasteiger partial charge on any atom is -0.374 e. The summed E-state index contributed by atoms with van der Waals surface area (Å²) in [6.45, 7) is 2.84. The molecule has 0 aliphatic heterocycles. The van der Waals surface area contributed by atoms with Gasteiger partial charge in [0.05, 0.1) is 6.61 Å². The number of ether oxygens (including phenoxy) is 1. The van der Waals surface area contributed by atoms with Crippen LogP contribution >= 0.6 is 0 Å². The lowest BCUT2D eigenvalue weighted by atomic mass is 9.82. The molecule has 0 spiro atoms. The van der Waals surface area contributed by atoms with Crippen molar-refractivity contribution < 1.29 is 13.5 Å².